The van der Waals surface area contributed by atoms with Gasteiger partial charge in [0.25, 0.3) is 0 Å². The average molecular weight is 284 g/mol. The molecule has 0 saturated carbocycles. The van der Waals surface area contributed by atoms with E-state index in [1.165, 1.54) is 83.5 Å². The molecule has 0 aliphatic carbocycles. The second-order valence-corrected chi connectivity index (χ2v) is 6.55. The van der Waals surface area contributed by atoms with Gasteiger partial charge in [-0.1, -0.05) is 71.1 Å². The van der Waals surface area contributed by atoms with Crippen molar-refractivity contribution in [1.82, 2.24) is 4.90 Å². The third-order valence-corrected chi connectivity index (χ3v) is 4.63. The number of piperidine rings is 1. The third kappa shape index (κ3) is 8.97. The lowest BCUT2D eigenvalue weighted by Crippen LogP contribution is -2.39. The minimum atomic E-state index is -0.163. The Labute approximate surface area is 126 Å². The molecule has 1 N–H and O–H groups in total. The van der Waals surface area contributed by atoms with Crippen LogP contribution in [0.15, 0.2) is 0 Å². The highest BCUT2D eigenvalue weighted by molar-refractivity contribution is 4.67. The summed E-state index contributed by atoms with van der Waals surface area (Å²) in [5.74, 6) is 0. The predicted octanol–water partition coefficient (Wildman–Crippen LogP) is 5.10. The topological polar surface area (TPSA) is 23.5 Å². The largest absolute Gasteiger partial charge is 0.378 e. The molecule has 120 valence electrons. The van der Waals surface area contributed by atoms with E-state index in [0.717, 1.165) is 19.5 Å². The summed E-state index contributed by atoms with van der Waals surface area (Å²) in [4.78, 5) is 2.28. The molecule has 1 rings (SSSR count). The van der Waals surface area contributed by atoms with Gasteiger partial charge in [0.05, 0.1) is 0 Å². The second kappa shape index (κ2) is 12.6. The van der Waals surface area contributed by atoms with Crippen LogP contribution in [0.5, 0.6) is 0 Å². The summed E-state index contributed by atoms with van der Waals surface area (Å²) in [5.41, 5.74) is 0. The first-order valence-electron chi connectivity index (χ1n) is 9.26. The number of likely N-dealkylation sites (tertiary alicyclic amines) is 1. The van der Waals surface area contributed by atoms with Gasteiger partial charge in [0.2, 0.25) is 0 Å². The molecule has 1 unspecified atom stereocenters. The lowest BCUT2D eigenvalue weighted by molar-refractivity contribution is -0.0148. The number of nitrogens with zero attached hydrogens (tertiary/aromatic N) is 1. The standard InChI is InChI=1S/C18H37NO/c1-2-3-4-5-6-7-8-9-10-12-15-18(20)19-16-13-11-14-17-19/h18,20H,2-17H2,1H3. The van der Waals surface area contributed by atoms with Gasteiger partial charge in [0, 0.05) is 13.1 Å². The highest BCUT2D eigenvalue weighted by atomic mass is 16.3. The van der Waals surface area contributed by atoms with Crippen molar-refractivity contribution >= 4 is 0 Å². The zero-order valence-corrected chi connectivity index (χ0v) is 13.8. The second-order valence-electron chi connectivity index (χ2n) is 6.55. The minimum absolute atomic E-state index is 0.163. The highest BCUT2D eigenvalue weighted by Crippen LogP contribution is 2.16. The summed E-state index contributed by atoms with van der Waals surface area (Å²) in [7, 11) is 0. The molecular weight excluding hydrogens is 246 g/mol. The number of hydrogen-bond donors (Lipinski definition) is 1. The maximum absolute atomic E-state index is 10.1. The van der Waals surface area contributed by atoms with Crippen molar-refractivity contribution in [3.8, 4) is 0 Å². The van der Waals surface area contributed by atoms with E-state index >= 15 is 0 Å². The van der Waals surface area contributed by atoms with Crippen LogP contribution in [-0.4, -0.2) is 29.3 Å². The normalized spacial score (nSPS) is 18.3. The molecule has 1 fully saturated rings. The maximum atomic E-state index is 10.1. The van der Waals surface area contributed by atoms with Crippen LogP contribution in [0.25, 0.3) is 0 Å². The van der Waals surface area contributed by atoms with Gasteiger partial charge in [-0.15, -0.1) is 0 Å². The Hall–Kier alpha value is -0.0800. The van der Waals surface area contributed by atoms with Gasteiger partial charge >= 0.3 is 0 Å². The molecule has 1 heterocycles. The Bertz CT molecular complexity index is 202. The number of aliphatic hydroxyl groups excluding tert-OH is 1. The lowest BCUT2D eigenvalue weighted by atomic mass is 10.0. The van der Waals surface area contributed by atoms with E-state index < -0.39 is 0 Å². The summed E-state index contributed by atoms with van der Waals surface area (Å²) >= 11 is 0. The maximum Gasteiger partial charge on any atom is 0.107 e. The molecule has 0 aromatic carbocycles. The molecule has 0 radical (unpaired) electrons. The Morgan fingerprint density at radius 1 is 0.750 bits per heavy atom. The van der Waals surface area contributed by atoms with E-state index in [2.05, 4.69) is 11.8 Å². The SMILES string of the molecule is CCCCCCCCCCCCC(O)N1CCCCC1. The van der Waals surface area contributed by atoms with Gasteiger partial charge in [0.15, 0.2) is 0 Å². The molecule has 2 nitrogen and oxygen atoms in total. The van der Waals surface area contributed by atoms with Crippen LogP contribution in [0.3, 0.4) is 0 Å². The fourth-order valence-corrected chi connectivity index (χ4v) is 3.21. The van der Waals surface area contributed by atoms with E-state index in [0.29, 0.717) is 0 Å². The van der Waals surface area contributed by atoms with Gasteiger partial charge < -0.3 is 5.11 Å². The Morgan fingerprint density at radius 2 is 1.25 bits per heavy atom. The van der Waals surface area contributed by atoms with Crippen molar-refractivity contribution in [2.75, 3.05) is 13.1 Å². The fraction of sp³-hybridized carbons (Fsp3) is 1.00. The number of rotatable bonds is 12. The molecule has 1 saturated heterocycles. The van der Waals surface area contributed by atoms with Crippen LogP contribution in [0, 0.1) is 0 Å². The molecule has 0 aromatic rings. The van der Waals surface area contributed by atoms with E-state index in [9.17, 15) is 5.11 Å². The van der Waals surface area contributed by atoms with Gasteiger partial charge in [0.1, 0.15) is 6.23 Å². The lowest BCUT2D eigenvalue weighted by Gasteiger charge is -2.31. The Balaban J connectivity index is 1.82. The predicted molar refractivity (Wildman–Crippen MR) is 87.9 cm³/mol. The summed E-state index contributed by atoms with van der Waals surface area (Å²) < 4.78 is 0. The van der Waals surface area contributed by atoms with Crippen LogP contribution >= 0.6 is 0 Å². The van der Waals surface area contributed by atoms with Gasteiger partial charge in [-0.25, -0.2) is 0 Å². The first-order chi connectivity index (χ1) is 9.84. The Kier molecular flexibility index (Phi) is 11.4. The molecule has 1 atom stereocenters. The Morgan fingerprint density at radius 3 is 1.80 bits per heavy atom. The molecule has 0 spiro atoms. The van der Waals surface area contributed by atoms with Crippen LogP contribution < -0.4 is 0 Å². The summed E-state index contributed by atoms with van der Waals surface area (Å²) in [5, 5.41) is 10.1. The number of hydrogen-bond acceptors (Lipinski definition) is 2. The first kappa shape index (κ1) is 18.0. The zero-order chi connectivity index (χ0) is 14.5. The van der Waals surface area contributed by atoms with Crippen molar-refractivity contribution in [3.63, 3.8) is 0 Å². The van der Waals surface area contributed by atoms with Crippen molar-refractivity contribution in [2.45, 2.75) is 103 Å². The van der Waals surface area contributed by atoms with Gasteiger partial charge in [-0.2, -0.15) is 0 Å². The fourth-order valence-electron chi connectivity index (χ4n) is 3.21. The number of unbranched alkanes of at least 4 members (excludes halogenated alkanes) is 9. The van der Waals surface area contributed by atoms with E-state index in [1.54, 1.807) is 0 Å². The summed E-state index contributed by atoms with van der Waals surface area (Å²) in [6.07, 6.45) is 18.4. The molecule has 20 heavy (non-hydrogen) atoms. The zero-order valence-electron chi connectivity index (χ0n) is 13.8. The molecule has 0 amide bonds. The van der Waals surface area contributed by atoms with Crippen LogP contribution in [0.4, 0.5) is 0 Å². The minimum Gasteiger partial charge on any atom is -0.378 e. The van der Waals surface area contributed by atoms with Crippen LogP contribution in [0.1, 0.15) is 96.8 Å². The molecule has 2 heteroatoms. The molecule has 1 aliphatic rings. The van der Waals surface area contributed by atoms with Gasteiger partial charge in [-0.3, -0.25) is 4.90 Å². The quantitative estimate of drug-likeness (QED) is 0.504. The average Bonchev–Trinajstić information content (AvgIpc) is 2.50. The summed E-state index contributed by atoms with van der Waals surface area (Å²) in [6.45, 7) is 4.50. The van der Waals surface area contributed by atoms with Crippen molar-refractivity contribution in [3.05, 3.63) is 0 Å². The third-order valence-electron chi connectivity index (χ3n) is 4.63. The first-order valence-corrected chi connectivity index (χ1v) is 9.26. The van der Waals surface area contributed by atoms with E-state index in [-0.39, 0.29) is 6.23 Å². The highest BCUT2D eigenvalue weighted by Gasteiger charge is 2.17. The van der Waals surface area contributed by atoms with Crippen LogP contribution in [0.2, 0.25) is 0 Å². The van der Waals surface area contributed by atoms with Crippen molar-refractivity contribution in [1.29, 1.82) is 0 Å². The summed E-state index contributed by atoms with van der Waals surface area (Å²) in [6, 6.07) is 0. The molecule has 0 bridgehead atoms. The van der Waals surface area contributed by atoms with Crippen molar-refractivity contribution < 1.29 is 5.11 Å². The molecular formula is C18H37NO. The van der Waals surface area contributed by atoms with Gasteiger partial charge in [-0.05, 0) is 25.7 Å². The molecule has 0 aromatic heterocycles. The van der Waals surface area contributed by atoms with Crippen molar-refractivity contribution in [2.24, 2.45) is 0 Å². The monoisotopic (exact) mass is 283 g/mol. The van der Waals surface area contributed by atoms with E-state index in [4.69, 9.17) is 0 Å². The van der Waals surface area contributed by atoms with Crippen LogP contribution in [-0.2, 0) is 0 Å². The number of aliphatic hydroxyl groups is 1. The smallest absolute Gasteiger partial charge is 0.107 e. The van der Waals surface area contributed by atoms with E-state index in [1.807, 2.05) is 0 Å². The molecule has 1 aliphatic heterocycles.